The first-order chi connectivity index (χ1) is 14.6. The highest BCUT2D eigenvalue weighted by Crippen LogP contribution is 2.34. The highest BCUT2D eigenvalue weighted by Gasteiger charge is 2.12. The van der Waals surface area contributed by atoms with E-state index in [4.69, 9.17) is 9.47 Å². The second kappa shape index (κ2) is 11.3. The molecule has 7 heteroatoms. The molecule has 0 atom stereocenters. The van der Waals surface area contributed by atoms with Gasteiger partial charge in [-0.2, -0.15) is 5.10 Å². The van der Waals surface area contributed by atoms with Crippen molar-refractivity contribution >= 4 is 57.3 Å². The van der Waals surface area contributed by atoms with E-state index in [9.17, 15) is 4.79 Å². The fourth-order valence-corrected chi connectivity index (χ4v) is 3.77. The van der Waals surface area contributed by atoms with Crippen LogP contribution in [-0.2, 0) is 6.61 Å². The Balaban J connectivity index is 1.71. The van der Waals surface area contributed by atoms with Gasteiger partial charge in [0.25, 0.3) is 5.91 Å². The molecule has 0 radical (unpaired) electrons. The molecule has 0 aliphatic rings. The molecule has 0 bridgehead atoms. The Labute approximate surface area is 203 Å². The highest BCUT2D eigenvalue weighted by atomic mass is 127. The fourth-order valence-electron chi connectivity index (χ4n) is 2.63. The van der Waals surface area contributed by atoms with Crippen LogP contribution in [0.1, 0.15) is 28.4 Å². The second-order valence-corrected chi connectivity index (χ2v) is 8.65. The first-order valence-electron chi connectivity index (χ1n) is 9.29. The van der Waals surface area contributed by atoms with Crippen LogP contribution >= 0.6 is 45.2 Å². The third kappa shape index (κ3) is 6.43. The normalized spacial score (nSPS) is 10.8. The molecule has 0 saturated heterocycles. The standard InChI is InChI=1S/C23H20I2N2O3/c1-2-29-21-13-17(14-26-27-23(28)18-8-10-19(24)11-9-18)12-20(25)22(21)30-15-16-6-4-3-5-7-16/h3-14H,2,15H2,1H3,(H,27,28)/b26-14-. The minimum Gasteiger partial charge on any atom is -0.490 e. The number of carbonyl (C=O) groups is 1. The van der Waals surface area contributed by atoms with Crippen molar-refractivity contribution in [1.82, 2.24) is 5.43 Å². The van der Waals surface area contributed by atoms with Crippen molar-refractivity contribution in [1.29, 1.82) is 0 Å². The van der Waals surface area contributed by atoms with Crippen LogP contribution in [0.2, 0.25) is 0 Å². The van der Waals surface area contributed by atoms with E-state index in [0.29, 0.717) is 30.3 Å². The van der Waals surface area contributed by atoms with Crippen molar-refractivity contribution < 1.29 is 14.3 Å². The quantitative estimate of drug-likeness (QED) is 0.200. The van der Waals surface area contributed by atoms with Gasteiger partial charge in [-0.05, 0) is 99.6 Å². The molecule has 1 amide bonds. The largest absolute Gasteiger partial charge is 0.490 e. The molecule has 0 unspecified atom stereocenters. The van der Waals surface area contributed by atoms with Crippen LogP contribution in [0.25, 0.3) is 0 Å². The Kier molecular flexibility index (Phi) is 8.50. The summed E-state index contributed by atoms with van der Waals surface area (Å²) >= 11 is 4.41. The summed E-state index contributed by atoms with van der Waals surface area (Å²) in [4.78, 5) is 12.2. The van der Waals surface area contributed by atoms with Crippen LogP contribution in [0.5, 0.6) is 11.5 Å². The van der Waals surface area contributed by atoms with Gasteiger partial charge in [0.05, 0.1) is 16.4 Å². The molecule has 3 aromatic carbocycles. The van der Waals surface area contributed by atoms with E-state index in [0.717, 1.165) is 18.3 Å². The molecule has 3 aromatic rings. The zero-order valence-electron chi connectivity index (χ0n) is 16.3. The molecular formula is C23H20I2N2O3. The average molecular weight is 626 g/mol. The van der Waals surface area contributed by atoms with Gasteiger partial charge in [0.2, 0.25) is 0 Å². The number of amides is 1. The number of nitrogens with zero attached hydrogens (tertiary/aromatic N) is 1. The molecule has 0 aliphatic heterocycles. The van der Waals surface area contributed by atoms with Gasteiger partial charge in [-0.15, -0.1) is 0 Å². The van der Waals surface area contributed by atoms with E-state index >= 15 is 0 Å². The number of carbonyl (C=O) groups excluding carboxylic acids is 1. The Bertz CT molecular complexity index is 1020. The van der Waals surface area contributed by atoms with Crippen LogP contribution < -0.4 is 14.9 Å². The summed E-state index contributed by atoms with van der Waals surface area (Å²) in [6, 6.07) is 21.1. The minimum absolute atomic E-state index is 0.259. The van der Waals surface area contributed by atoms with Crippen molar-refractivity contribution in [2.75, 3.05) is 6.61 Å². The molecule has 5 nitrogen and oxygen atoms in total. The molecule has 0 heterocycles. The van der Waals surface area contributed by atoms with Crippen LogP contribution in [-0.4, -0.2) is 18.7 Å². The molecule has 0 aromatic heterocycles. The van der Waals surface area contributed by atoms with Crippen LogP contribution in [0.4, 0.5) is 0 Å². The van der Waals surface area contributed by atoms with E-state index in [-0.39, 0.29) is 5.91 Å². The Morgan fingerprint density at radius 3 is 2.47 bits per heavy atom. The molecule has 154 valence electrons. The zero-order valence-corrected chi connectivity index (χ0v) is 20.6. The van der Waals surface area contributed by atoms with Crippen LogP contribution in [0.3, 0.4) is 0 Å². The maximum atomic E-state index is 12.2. The molecule has 3 rings (SSSR count). The first kappa shape index (κ1) is 22.5. The van der Waals surface area contributed by atoms with Crippen molar-refractivity contribution in [3.05, 3.63) is 90.6 Å². The lowest BCUT2D eigenvalue weighted by molar-refractivity contribution is 0.0955. The van der Waals surface area contributed by atoms with E-state index < -0.39 is 0 Å². The zero-order chi connectivity index (χ0) is 21.3. The molecule has 0 fully saturated rings. The maximum Gasteiger partial charge on any atom is 0.271 e. The number of nitrogens with one attached hydrogen (secondary N) is 1. The lowest BCUT2D eigenvalue weighted by atomic mass is 10.2. The number of hydrazone groups is 1. The van der Waals surface area contributed by atoms with Crippen LogP contribution in [0, 0.1) is 7.14 Å². The molecule has 0 spiro atoms. The summed E-state index contributed by atoms with van der Waals surface area (Å²) in [6.07, 6.45) is 1.59. The second-order valence-electron chi connectivity index (χ2n) is 6.24. The van der Waals surface area contributed by atoms with E-state index in [1.807, 2.05) is 61.5 Å². The Morgan fingerprint density at radius 2 is 1.77 bits per heavy atom. The van der Waals surface area contributed by atoms with E-state index in [1.165, 1.54) is 0 Å². The van der Waals surface area contributed by atoms with E-state index in [1.54, 1.807) is 18.3 Å². The molecule has 1 N–H and O–H groups in total. The summed E-state index contributed by atoms with van der Waals surface area (Å²) < 4.78 is 13.8. The summed E-state index contributed by atoms with van der Waals surface area (Å²) in [5.41, 5.74) is 5.00. The number of halogens is 2. The molecular weight excluding hydrogens is 606 g/mol. The summed E-state index contributed by atoms with van der Waals surface area (Å²) in [5, 5.41) is 4.08. The number of hydrogen-bond donors (Lipinski definition) is 1. The van der Waals surface area contributed by atoms with Gasteiger partial charge in [-0.3, -0.25) is 4.79 Å². The SMILES string of the molecule is CCOc1cc(/C=N\NC(=O)c2ccc(I)cc2)cc(I)c1OCc1ccccc1. The van der Waals surface area contributed by atoms with Crippen molar-refractivity contribution in [3.8, 4) is 11.5 Å². The molecule has 30 heavy (non-hydrogen) atoms. The van der Waals surface area contributed by atoms with Gasteiger partial charge < -0.3 is 9.47 Å². The minimum atomic E-state index is -0.259. The average Bonchev–Trinajstić information content (AvgIpc) is 2.74. The third-order valence-corrected chi connectivity index (χ3v) is 5.56. The number of benzene rings is 3. The lowest BCUT2D eigenvalue weighted by Gasteiger charge is -2.14. The predicted molar refractivity (Wildman–Crippen MR) is 135 cm³/mol. The fraction of sp³-hybridized carbons (Fsp3) is 0.130. The van der Waals surface area contributed by atoms with Gasteiger partial charge in [-0.1, -0.05) is 30.3 Å². The first-order valence-corrected chi connectivity index (χ1v) is 11.4. The van der Waals surface area contributed by atoms with Gasteiger partial charge in [0.1, 0.15) is 6.61 Å². The number of ether oxygens (including phenoxy) is 2. The topological polar surface area (TPSA) is 59.9 Å². The van der Waals surface area contributed by atoms with Gasteiger partial charge in [-0.25, -0.2) is 5.43 Å². The van der Waals surface area contributed by atoms with Gasteiger partial charge in [0.15, 0.2) is 11.5 Å². The maximum absolute atomic E-state index is 12.2. The number of rotatable bonds is 8. The van der Waals surface area contributed by atoms with Crippen molar-refractivity contribution in [3.63, 3.8) is 0 Å². The molecule has 0 saturated carbocycles. The van der Waals surface area contributed by atoms with Crippen molar-refractivity contribution in [2.24, 2.45) is 5.10 Å². The van der Waals surface area contributed by atoms with Gasteiger partial charge >= 0.3 is 0 Å². The van der Waals surface area contributed by atoms with Crippen molar-refractivity contribution in [2.45, 2.75) is 13.5 Å². The monoisotopic (exact) mass is 626 g/mol. The lowest BCUT2D eigenvalue weighted by Crippen LogP contribution is -2.17. The highest BCUT2D eigenvalue weighted by molar-refractivity contribution is 14.1. The number of hydrogen-bond acceptors (Lipinski definition) is 4. The third-order valence-electron chi connectivity index (χ3n) is 4.04. The summed E-state index contributed by atoms with van der Waals surface area (Å²) in [5.74, 6) is 1.08. The molecule has 0 aliphatic carbocycles. The van der Waals surface area contributed by atoms with Gasteiger partial charge in [0, 0.05) is 9.13 Å². The smallest absolute Gasteiger partial charge is 0.271 e. The summed E-state index contributed by atoms with van der Waals surface area (Å²) in [6.45, 7) is 2.90. The van der Waals surface area contributed by atoms with E-state index in [2.05, 4.69) is 55.7 Å². The summed E-state index contributed by atoms with van der Waals surface area (Å²) in [7, 11) is 0. The Morgan fingerprint density at radius 1 is 1.03 bits per heavy atom. The predicted octanol–water partition coefficient (Wildman–Crippen LogP) is 5.64. The van der Waals surface area contributed by atoms with Crippen LogP contribution in [0.15, 0.2) is 71.8 Å². The Hall–Kier alpha value is -2.14.